The van der Waals surface area contributed by atoms with Crippen LogP contribution in [0.3, 0.4) is 0 Å². The van der Waals surface area contributed by atoms with Crippen LogP contribution in [-0.4, -0.2) is 19.8 Å². The van der Waals surface area contributed by atoms with Crippen molar-refractivity contribution in [1.29, 1.82) is 0 Å². The third-order valence-electron chi connectivity index (χ3n) is 3.88. The van der Waals surface area contributed by atoms with Gasteiger partial charge in [-0.2, -0.15) is 0 Å². The van der Waals surface area contributed by atoms with Crippen molar-refractivity contribution in [2.45, 2.75) is 32.1 Å². The van der Waals surface area contributed by atoms with Crippen molar-refractivity contribution < 1.29 is 4.39 Å². The first-order valence-electron chi connectivity index (χ1n) is 5.14. The molecule has 2 fully saturated rings. The van der Waals surface area contributed by atoms with Gasteiger partial charge in [-0.3, -0.25) is 4.39 Å². The van der Waals surface area contributed by atoms with E-state index >= 15 is 0 Å². The number of alkyl halides is 1. The van der Waals surface area contributed by atoms with Crippen LogP contribution in [0.15, 0.2) is 0 Å². The summed E-state index contributed by atoms with van der Waals surface area (Å²) < 4.78 is 12.7. The first kappa shape index (κ1) is 11.3. The van der Waals surface area contributed by atoms with E-state index in [0.717, 1.165) is 19.5 Å². The smallest absolute Gasteiger partial charge is 0.0927 e. The van der Waals surface area contributed by atoms with Gasteiger partial charge in [-0.1, -0.05) is 6.42 Å². The van der Waals surface area contributed by atoms with Gasteiger partial charge in [0.25, 0.3) is 0 Å². The van der Waals surface area contributed by atoms with Crippen LogP contribution in [0.4, 0.5) is 4.39 Å². The van der Waals surface area contributed by atoms with Crippen LogP contribution < -0.4 is 5.32 Å². The second-order valence-corrected chi connectivity index (χ2v) is 4.36. The van der Waals surface area contributed by atoms with E-state index in [9.17, 15) is 4.39 Å². The molecule has 0 radical (unpaired) electrons. The van der Waals surface area contributed by atoms with E-state index in [1.54, 1.807) is 0 Å². The molecule has 0 bridgehead atoms. The lowest BCUT2D eigenvalue weighted by Gasteiger charge is -2.38. The molecule has 2 aliphatic rings. The van der Waals surface area contributed by atoms with Crippen molar-refractivity contribution in [3.8, 4) is 0 Å². The van der Waals surface area contributed by atoms with Crippen LogP contribution in [0, 0.1) is 11.3 Å². The van der Waals surface area contributed by atoms with Crippen molar-refractivity contribution in [3.63, 3.8) is 0 Å². The number of rotatable bonds is 1. The minimum absolute atomic E-state index is 0. The van der Waals surface area contributed by atoms with Gasteiger partial charge in [-0.05, 0) is 50.1 Å². The SMILES string of the molecule is Cl.FCC1CCCC12CCNCC2. The molecule has 1 unspecified atom stereocenters. The Labute approximate surface area is 85.9 Å². The standard InChI is InChI=1S/C10H18FN.ClH/c11-8-9-2-1-3-10(9)4-6-12-7-5-10;/h9,12H,1-8H2;1H. The fourth-order valence-corrected chi connectivity index (χ4v) is 3.03. The van der Waals surface area contributed by atoms with Gasteiger partial charge in [-0.15, -0.1) is 12.4 Å². The molecule has 1 spiro atoms. The zero-order chi connectivity index (χ0) is 8.44. The van der Waals surface area contributed by atoms with Crippen LogP contribution in [-0.2, 0) is 0 Å². The molecule has 1 N–H and O–H groups in total. The van der Waals surface area contributed by atoms with E-state index < -0.39 is 0 Å². The second-order valence-electron chi connectivity index (χ2n) is 4.36. The molecule has 0 amide bonds. The lowest BCUT2D eigenvalue weighted by atomic mass is 9.71. The lowest BCUT2D eigenvalue weighted by molar-refractivity contribution is 0.115. The minimum atomic E-state index is -0.0833. The third-order valence-corrected chi connectivity index (χ3v) is 3.88. The zero-order valence-corrected chi connectivity index (χ0v) is 8.84. The van der Waals surface area contributed by atoms with E-state index in [0.29, 0.717) is 11.3 Å². The molecule has 0 aromatic heterocycles. The molecule has 1 atom stereocenters. The molecule has 13 heavy (non-hydrogen) atoms. The van der Waals surface area contributed by atoms with E-state index in [-0.39, 0.29) is 19.1 Å². The molecular weight excluding hydrogens is 189 g/mol. The molecular formula is C10H19ClFN. The van der Waals surface area contributed by atoms with Gasteiger partial charge in [0, 0.05) is 0 Å². The number of hydrogen-bond acceptors (Lipinski definition) is 1. The topological polar surface area (TPSA) is 12.0 Å². The summed E-state index contributed by atoms with van der Waals surface area (Å²) >= 11 is 0. The zero-order valence-electron chi connectivity index (χ0n) is 8.02. The average molecular weight is 208 g/mol. The number of hydrogen-bond donors (Lipinski definition) is 1. The Morgan fingerprint density at radius 3 is 2.54 bits per heavy atom. The largest absolute Gasteiger partial charge is 0.317 e. The van der Waals surface area contributed by atoms with Crippen molar-refractivity contribution in [1.82, 2.24) is 5.32 Å². The maximum Gasteiger partial charge on any atom is 0.0927 e. The summed E-state index contributed by atoms with van der Waals surface area (Å²) in [6, 6.07) is 0. The highest BCUT2D eigenvalue weighted by Gasteiger charge is 2.42. The fourth-order valence-electron chi connectivity index (χ4n) is 3.03. The molecule has 1 aliphatic heterocycles. The molecule has 3 heteroatoms. The molecule has 1 saturated carbocycles. The Hall–Kier alpha value is 0.180. The fraction of sp³-hybridized carbons (Fsp3) is 1.00. The monoisotopic (exact) mass is 207 g/mol. The highest BCUT2D eigenvalue weighted by atomic mass is 35.5. The molecule has 2 rings (SSSR count). The number of piperidine rings is 1. The van der Waals surface area contributed by atoms with Gasteiger partial charge in [0.1, 0.15) is 0 Å². The van der Waals surface area contributed by atoms with Crippen molar-refractivity contribution in [2.24, 2.45) is 11.3 Å². The van der Waals surface area contributed by atoms with Crippen molar-refractivity contribution in [3.05, 3.63) is 0 Å². The second kappa shape index (κ2) is 4.61. The maximum atomic E-state index is 12.7. The van der Waals surface area contributed by atoms with Gasteiger partial charge in [-0.25, -0.2) is 0 Å². The summed E-state index contributed by atoms with van der Waals surface area (Å²) in [5, 5.41) is 3.36. The van der Waals surface area contributed by atoms with Gasteiger partial charge in [0.2, 0.25) is 0 Å². The molecule has 0 aromatic rings. The highest BCUT2D eigenvalue weighted by Crippen LogP contribution is 2.49. The quantitative estimate of drug-likeness (QED) is 0.697. The maximum absolute atomic E-state index is 12.7. The Kier molecular flexibility index (Phi) is 3.99. The average Bonchev–Trinajstić information content (AvgIpc) is 2.49. The first-order valence-corrected chi connectivity index (χ1v) is 5.14. The third kappa shape index (κ3) is 1.99. The summed E-state index contributed by atoms with van der Waals surface area (Å²) in [5.74, 6) is 0.389. The Morgan fingerprint density at radius 1 is 1.23 bits per heavy atom. The summed E-state index contributed by atoms with van der Waals surface area (Å²) in [5.41, 5.74) is 0.403. The Bertz CT molecular complexity index is 157. The minimum Gasteiger partial charge on any atom is -0.317 e. The molecule has 1 nitrogen and oxygen atoms in total. The number of halogens is 2. The number of nitrogens with one attached hydrogen (secondary N) is 1. The van der Waals surface area contributed by atoms with E-state index in [2.05, 4.69) is 5.32 Å². The molecule has 1 heterocycles. The van der Waals surface area contributed by atoms with Crippen LogP contribution >= 0.6 is 12.4 Å². The summed E-state index contributed by atoms with van der Waals surface area (Å²) in [7, 11) is 0. The van der Waals surface area contributed by atoms with Crippen molar-refractivity contribution in [2.75, 3.05) is 19.8 Å². The summed E-state index contributed by atoms with van der Waals surface area (Å²) in [6.07, 6.45) is 6.09. The Morgan fingerprint density at radius 2 is 1.92 bits per heavy atom. The first-order chi connectivity index (χ1) is 5.87. The molecule has 78 valence electrons. The summed E-state index contributed by atoms with van der Waals surface area (Å²) in [6.45, 7) is 2.13. The van der Waals surface area contributed by atoms with Gasteiger partial charge >= 0.3 is 0 Å². The van der Waals surface area contributed by atoms with Gasteiger partial charge in [0.15, 0.2) is 0 Å². The van der Waals surface area contributed by atoms with Crippen molar-refractivity contribution >= 4 is 12.4 Å². The lowest BCUT2D eigenvalue weighted by Crippen LogP contribution is -2.39. The van der Waals surface area contributed by atoms with Crippen LogP contribution in [0.2, 0.25) is 0 Å². The predicted molar refractivity (Wildman–Crippen MR) is 55.1 cm³/mol. The Balaban J connectivity index is 0.000000845. The van der Waals surface area contributed by atoms with Crippen LogP contribution in [0.5, 0.6) is 0 Å². The van der Waals surface area contributed by atoms with Crippen LogP contribution in [0.25, 0.3) is 0 Å². The van der Waals surface area contributed by atoms with Gasteiger partial charge < -0.3 is 5.32 Å². The van der Waals surface area contributed by atoms with Crippen LogP contribution in [0.1, 0.15) is 32.1 Å². The summed E-state index contributed by atoms with van der Waals surface area (Å²) in [4.78, 5) is 0. The molecule has 0 aromatic carbocycles. The van der Waals surface area contributed by atoms with E-state index in [1.165, 1.54) is 25.7 Å². The normalized spacial score (nSPS) is 31.6. The van der Waals surface area contributed by atoms with E-state index in [1.807, 2.05) is 0 Å². The molecule has 1 aliphatic carbocycles. The predicted octanol–water partition coefficient (Wildman–Crippen LogP) is 2.55. The van der Waals surface area contributed by atoms with E-state index in [4.69, 9.17) is 0 Å². The molecule has 1 saturated heterocycles. The highest BCUT2D eigenvalue weighted by molar-refractivity contribution is 5.85. The van der Waals surface area contributed by atoms with Gasteiger partial charge in [0.05, 0.1) is 6.67 Å².